The van der Waals surface area contributed by atoms with Crippen molar-refractivity contribution in [2.75, 3.05) is 17.8 Å². The zero-order valence-electron chi connectivity index (χ0n) is 17.0. The average Bonchev–Trinajstić information content (AvgIpc) is 3.29. The van der Waals surface area contributed by atoms with Crippen LogP contribution in [0.4, 0.5) is 9.52 Å². The Morgan fingerprint density at radius 3 is 2.62 bits per heavy atom. The first-order valence-corrected chi connectivity index (χ1v) is 12.6. The van der Waals surface area contributed by atoms with Crippen molar-refractivity contribution in [2.45, 2.75) is 23.8 Å². The molecule has 0 aliphatic carbocycles. The van der Waals surface area contributed by atoms with E-state index >= 15 is 0 Å². The Labute approximate surface area is 195 Å². The van der Waals surface area contributed by atoms with E-state index in [0.717, 1.165) is 47.8 Å². The number of benzene rings is 2. The predicted molar refractivity (Wildman–Crippen MR) is 125 cm³/mol. The number of anilines is 1. The number of thiazole rings is 1. The highest BCUT2D eigenvalue weighted by Crippen LogP contribution is 2.33. The number of hydrogen-bond acceptors (Lipinski definition) is 6. The van der Waals surface area contributed by atoms with Gasteiger partial charge >= 0.3 is 0 Å². The van der Waals surface area contributed by atoms with Crippen molar-refractivity contribution in [3.8, 4) is 5.75 Å². The Morgan fingerprint density at radius 1 is 1.25 bits per heavy atom. The number of rotatable bonds is 7. The lowest BCUT2D eigenvalue weighted by Crippen LogP contribution is -2.37. The van der Waals surface area contributed by atoms with Gasteiger partial charge in [-0.15, -0.1) is 11.3 Å². The van der Waals surface area contributed by atoms with Crippen LogP contribution in [0, 0.1) is 5.82 Å². The maximum Gasteiger partial charge on any atom is 0.266 e. The summed E-state index contributed by atoms with van der Waals surface area (Å²) in [6.07, 6.45) is 2.69. The largest absolute Gasteiger partial charge is 0.489 e. The molecule has 0 amide bonds. The number of sulfonamides is 1. The van der Waals surface area contributed by atoms with Gasteiger partial charge in [0.15, 0.2) is 5.13 Å². The lowest BCUT2D eigenvalue weighted by molar-refractivity contribution is 0.127. The molecule has 0 atom stereocenters. The van der Waals surface area contributed by atoms with Gasteiger partial charge in [0.25, 0.3) is 10.0 Å². The van der Waals surface area contributed by atoms with Crippen LogP contribution < -0.4 is 9.46 Å². The van der Waals surface area contributed by atoms with Crippen LogP contribution in [0.25, 0.3) is 5.70 Å². The van der Waals surface area contributed by atoms with Crippen molar-refractivity contribution >= 4 is 43.8 Å². The number of aromatic nitrogens is 1. The number of nitrogens with zero attached hydrogens (tertiary/aromatic N) is 2. The maximum absolute atomic E-state index is 14.7. The highest BCUT2D eigenvalue weighted by Gasteiger charge is 2.26. The molecule has 1 N–H and O–H groups in total. The first kappa shape index (κ1) is 22.6. The molecule has 1 saturated heterocycles. The van der Waals surface area contributed by atoms with Crippen molar-refractivity contribution in [3.05, 3.63) is 77.0 Å². The van der Waals surface area contributed by atoms with E-state index in [1.54, 1.807) is 5.38 Å². The summed E-state index contributed by atoms with van der Waals surface area (Å²) in [7, 11) is -4.16. The molecular weight excluding hydrogens is 473 g/mol. The van der Waals surface area contributed by atoms with Gasteiger partial charge in [0.1, 0.15) is 22.6 Å². The quantitative estimate of drug-likeness (QED) is 0.486. The third-order valence-corrected chi connectivity index (χ3v) is 7.62. The van der Waals surface area contributed by atoms with Crippen LogP contribution in [0.2, 0.25) is 5.02 Å². The van der Waals surface area contributed by atoms with E-state index in [9.17, 15) is 12.8 Å². The summed E-state index contributed by atoms with van der Waals surface area (Å²) in [4.78, 5) is 5.48. The van der Waals surface area contributed by atoms with Gasteiger partial charge in [-0.25, -0.2) is 17.8 Å². The van der Waals surface area contributed by atoms with Crippen molar-refractivity contribution < 1.29 is 17.5 Å². The Kier molecular flexibility index (Phi) is 6.68. The molecule has 32 heavy (non-hydrogen) atoms. The summed E-state index contributed by atoms with van der Waals surface area (Å²) in [6, 6.07) is 12.0. The van der Waals surface area contributed by atoms with Gasteiger partial charge in [-0.2, -0.15) is 0 Å². The lowest BCUT2D eigenvalue weighted by Gasteiger charge is -2.35. The molecule has 10 heteroatoms. The Bertz CT molecular complexity index is 1200. The fourth-order valence-corrected chi connectivity index (χ4v) is 5.63. The highest BCUT2D eigenvalue weighted by atomic mass is 35.5. The fraction of sp³-hybridized carbons (Fsp3) is 0.227. The molecule has 3 aromatic rings. The second-order valence-corrected chi connectivity index (χ2v) is 10.2. The second kappa shape index (κ2) is 9.48. The topological polar surface area (TPSA) is 71.5 Å². The number of piperidine rings is 1. The molecule has 0 saturated carbocycles. The van der Waals surface area contributed by atoms with Gasteiger partial charge < -0.3 is 9.64 Å². The van der Waals surface area contributed by atoms with E-state index in [-0.39, 0.29) is 22.0 Å². The Morgan fingerprint density at radius 2 is 1.97 bits per heavy atom. The summed E-state index contributed by atoms with van der Waals surface area (Å²) < 4.78 is 47.8. The van der Waals surface area contributed by atoms with Gasteiger partial charge in [0, 0.05) is 49.3 Å². The third kappa shape index (κ3) is 5.06. The average molecular weight is 494 g/mol. The summed E-state index contributed by atoms with van der Waals surface area (Å²) in [5.41, 5.74) is 2.02. The molecule has 1 aromatic heterocycles. The number of nitrogens with one attached hydrogen (secondary N) is 1. The fourth-order valence-electron chi connectivity index (χ4n) is 3.49. The SMILES string of the molecule is C=C(c1ccccc1)N1CCC(Oc2cc(F)c(S(=O)(=O)Nc3nccs3)cc2Cl)CC1. The van der Waals surface area contributed by atoms with E-state index in [2.05, 4.69) is 21.2 Å². The minimum absolute atomic E-state index is 0.0297. The molecule has 0 bridgehead atoms. The molecule has 4 rings (SSSR count). The van der Waals surface area contributed by atoms with E-state index in [1.807, 2.05) is 30.3 Å². The first-order chi connectivity index (χ1) is 15.3. The lowest BCUT2D eigenvalue weighted by atomic mass is 10.0. The molecule has 2 heterocycles. The van der Waals surface area contributed by atoms with E-state index in [4.69, 9.17) is 16.3 Å². The summed E-state index contributed by atoms with van der Waals surface area (Å²) in [5, 5.41) is 1.78. The zero-order chi connectivity index (χ0) is 22.7. The van der Waals surface area contributed by atoms with Crippen LogP contribution in [0.3, 0.4) is 0 Å². The molecule has 1 aliphatic rings. The molecule has 0 radical (unpaired) electrons. The van der Waals surface area contributed by atoms with E-state index in [0.29, 0.717) is 12.8 Å². The zero-order valence-corrected chi connectivity index (χ0v) is 19.4. The normalized spacial score (nSPS) is 14.9. The van der Waals surface area contributed by atoms with Gasteiger partial charge in [-0.05, 0) is 11.6 Å². The van der Waals surface area contributed by atoms with Crippen LogP contribution in [-0.2, 0) is 10.0 Å². The van der Waals surface area contributed by atoms with Gasteiger partial charge in [-0.1, -0.05) is 48.5 Å². The molecule has 0 spiro atoms. The van der Waals surface area contributed by atoms with Gasteiger partial charge in [0.05, 0.1) is 5.02 Å². The minimum Gasteiger partial charge on any atom is -0.489 e. The van der Waals surface area contributed by atoms with Crippen LogP contribution in [0.1, 0.15) is 18.4 Å². The predicted octanol–water partition coefficient (Wildman–Crippen LogP) is 5.25. The van der Waals surface area contributed by atoms with Crippen LogP contribution in [0.5, 0.6) is 5.75 Å². The van der Waals surface area contributed by atoms with Crippen LogP contribution in [-0.4, -0.2) is 37.5 Å². The van der Waals surface area contributed by atoms with Gasteiger partial charge in [-0.3, -0.25) is 4.72 Å². The number of likely N-dealkylation sites (tertiary alicyclic amines) is 1. The van der Waals surface area contributed by atoms with Gasteiger partial charge in [0.2, 0.25) is 0 Å². The van der Waals surface area contributed by atoms with Crippen molar-refractivity contribution in [3.63, 3.8) is 0 Å². The number of halogens is 2. The second-order valence-electron chi connectivity index (χ2n) is 7.27. The van der Waals surface area contributed by atoms with E-state index in [1.165, 1.54) is 6.20 Å². The van der Waals surface area contributed by atoms with Crippen LogP contribution >= 0.6 is 22.9 Å². The smallest absolute Gasteiger partial charge is 0.266 e. The third-order valence-electron chi connectivity index (χ3n) is 5.15. The molecule has 1 aliphatic heterocycles. The molecular formula is C22H21ClFN3O3S2. The monoisotopic (exact) mass is 493 g/mol. The minimum atomic E-state index is -4.16. The van der Waals surface area contributed by atoms with Crippen LogP contribution in [0.15, 0.2) is 65.5 Å². The highest BCUT2D eigenvalue weighted by molar-refractivity contribution is 7.93. The summed E-state index contributed by atoms with van der Waals surface area (Å²) >= 11 is 7.34. The first-order valence-electron chi connectivity index (χ1n) is 9.91. The molecule has 1 fully saturated rings. The standard InChI is InChI=1S/C22H21ClFN3O3S2/c1-15(16-5-3-2-4-6-16)27-10-7-17(8-11-27)30-20-14-19(24)21(13-18(20)23)32(28,29)26-22-25-9-12-31-22/h2-6,9,12-14,17H,1,7-8,10-11H2,(H,25,26). The van der Waals surface area contributed by atoms with Crippen molar-refractivity contribution in [2.24, 2.45) is 0 Å². The summed E-state index contributed by atoms with van der Waals surface area (Å²) in [6.45, 7) is 5.67. The Balaban J connectivity index is 1.41. The summed E-state index contributed by atoms with van der Waals surface area (Å²) in [5.74, 6) is -0.818. The van der Waals surface area contributed by atoms with Crippen molar-refractivity contribution in [1.82, 2.24) is 9.88 Å². The van der Waals surface area contributed by atoms with Crippen molar-refractivity contribution in [1.29, 1.82) is 0 Å². The molecule has 2 aromatic carbocycles. The molecule has 168 valence electrons. The molecule has 6 nitrogen and oxygen atoms in total. The maximum atomic E-state index is 14.7. The Hall–Kier alpha value is -2.62. The number of hydrogen-bond donors (Lipinski definition) is 1. The van der Waals surface area contributed by atoms with E-state index < -0.39 is 20.7 Å². The number of ether oxygens (including phenoxy) is 1. The molecule has 0 unspecified atom stereocenters.